The van der Waals surface area contributed by atoms with Gasteiger partial charge in [0.1, 0.15) is 4.88 Å². The van der Waals surface area contributed by atoms with Gasteiger partial charge in [-0.1, -0.05) is 48.5 Å². The lowest BCUT2D eigenvalue weighted by Crippen LogP contribution is -2.15. The van der Waals surface area contributed by atoms with Crippen molar-refractivity contribution in [2.24, 2.45) is 0 Å². The zero-order valence-electron chi connectivity index (χ0n) is 14.1. The fourth-order valence-corrected chi connectivity index (χ4v) is 4.08. The van der Waals surface area contributed by atoms with Gasteiger partial charge in [0, 0.05) is 9.77 Å². The van der Waals surface area contributed by atoms with Gasteiger partial charge in [-0.15, -0.1) is 23.1 Å². The number of amides is 1. The van der Waals surface area contributed by atoms with Gasteiger partial charge in [-0.2, -0.15) is 0 Å². The fraction of sp³-hybridized carbons (Fsp3) is 0.100. The summed E-state index contributed by atoms with van der Waals surface area (Å²) in [6.07, 6.45) is 0. The summed E-state index contributed by atoms with van der Waals surface area (Å²) >= 11 is 2.75. The van der Waals surface area contributed by atoms with Crippen LogP contribution in [0.15, 0.2) is 71.6 Å². The molecule has 3 aromatic rings. The Hall–Kier alpha value is -2.57. The molecule has 0 aliphatic rings. The van der Waals surface area contributed by atoms with Crippen LogP contribution in [0.3, 0.4) is 0 Å². The fourth-order valence-electron chi connectivity index (χ4n) is 2.32. The van der Waals surface area contributed by atoms with Crippen molar-refractivity contribution in [2.45, 2.75) is 4.90 Å². The number of thiophene rings is 1. The lowest BCUT2D eigenvalue weighted by atomic mass is 10.2. The summed E-state index contributed by atoms with van der Waals surface area (Å²) in [6, 6.07) is 21.2. The van der Waals surface area contributed by atoms with Crippen LogP contribution < -0.4 is 5.32 Å². The first kappa shape index (κ1) is 18.2. The molecule has 6 heteroatoms. The molecule has 2 aromatic carbocycles. The third-order valence-corrected chi connectivity index (χ3v) is 5.72. The number of methoxy groups -OCH3 is 1. The van der Waals surface area contributed by atoms with Crippen molar-refractivity contribution in [2.75, 3.05) is 18.2 Å². The Bertz CT molecular complexity index is 892. The molecule has 4 nitrogen and oxygen atoms in total. The third-order valence-electron chi connectivity index (χ3n) is 3.55. The largest absolute Gasteiger partial charge is 0.465 e. The Kier molecular flexibility index (Phi) is 6.09. The first-order chi connectivity index (χ1) is 12.7. The van der Waals surface area contributed by atoms with Crippen molar-refractivity contribution in [3.8, 4) is 10.4 Å². The van der Waals surface area contributed by atoms with Crippen LogP contribution in [0.2, 0.25) is 0 Å². The average molecular weight is 383 g/mol. The third kappa shape index (κ3) is 4.53. The number of carbonyl (C=O) groups excluding carboxylic acids is 2. The zero-order valence-corrected chi connectivity index (χ0v) is 15.7. The predicted molar refractivity (Wildman–Crippen MR) is 107 cm³/mol. The molecule has 26 heavy (non-hydrogen) atoms. The number of thioether (sulfide) groups is 1. The molecule has 1 heterocycles. The molecule has 132 valence electrons. The van der Waals surface area contributed by atoms with Crippen LogP contribution in [0.1, 0.15) is 9.67 Å². The summed E-state index contributed by atoms with van der Waals surface area (Å²) in [7, 11) is 1.33. The Labute approximate surface area is 160 Å². The summed E-state index contributed by atoms with van der Waals surface area (Å²) in [5.41, 5.74) is 1.47. The van der Waals surface area contributed by atoms with E-state index in [0.29, 0.717) is 10.6 Å². The second-order valence-corrected chi connectivity index (χ2v) is 7.46. The second-order valence-electron chi connectivity index (χ2n) is 5.36. The molecular formula is C20H17NO3S2. The Balaban J connectivity index is 1.76. The molecular weight excluding hydrogens is 366 g/mol. The molecule has 0 aliphatic heterocycles. The number of nitrogens with one attached hydrogen (secondary N) is 1. The molecule has 0 atom stereocenters. The van der Waals surface area contributed by atoms with Crippen LogP contribution in [0.25, 0.3) is 10.4 Å². The topological polar surface area (TPSA) is 55.4 Å². The van der Waals surface area contributed by atoms with Crippen LogP contribution in [0, 0.1) is 0 Å². The molecule has 1 aromatic heterocycles. The average Bonchev–Trinajstić information content (AvgIpc) is 3.11. The van der Waals surface area contributed by atoms with Crippen molar-refractivity contribution in [3.63, 3.8) is 0 Å². The van der Waals surface area contributed by atoms with E-state index >= 15 is 0 Å². The number of ether oxygens (including phenoxy) is 1. The van der Waals surface area contributed by atoms with Crippen molar-refractivity contribution in [1.29, 1.82) is 0 Å². The second kappa shape index (κ2) is 8.69. The zero-order chi connectivity index (χ0) is 18.4. The molecule has 0 saturated heterocycles. The van der Waals surface area contributed by atoms with E-state index in [-0.39, 0.29) is 11.7 Å². The molecule has 0 bridgehead atoms. The van der Waals surface area contributed by atoms with Gasteiger partial charge in [-0.3, -0.25) is 4.79 Å². The quantitative estimate of drug-likeness (QED) is 0.484. The monoisotopic (exact) mass is 383 g/mol. The van der Waals surface area contributed by atoms with Gasteiger partial charge < -0.3 is 10.1 Å². The van der Waals surface area contributed by atoms with Crippen LogP contribution in [-0.2, 0) is 9.53 Å². The number of esters is 1. The summed E-state index contributed by atoms with van der Waals surface area (Å²) in [5, 5.41) is 2.84. The lowest BCUT2D eigenvalue weighted by Gasteiger charge is -2.05. The van der Waals surface area contributed by atoms with Gasteiger partial charge in [-0.25, -0.2) is 4.79 Å². The van der Waals surface area contributed by atoms with Crippen LogP contribution >= 0.6 is 23.1 Å². The minimum atomic E-state index is -0.455. The van der Waals surface area contributed by atoms with E-state index in [1.165, 1.54) is 30.2 Å². The number of carbonyl (C=O) groups is 2. The van der Waals surface area contributed by atoms with E-state index in [0.717, 1.165) is 15.3 Å². The van der Waals surface area contributed by atoms with Gasteiger partial charge in [0.25, 0.3) is 0 Å². The maximum atomic E-state index is 12.3. The summed E-state index contributed by atoms with van der Waals surface area (Å²) < 4.78 is 4.85. The number of hydrogen-bond donors (Lipinski definition) is 1. The summed E-state index contributed by atoms with van der Waals surface area (Å²) in [4.78, 5) is 26.7. The normalized spacial score (nSPS) is 10.3. The molecule has 0 fully saturated rings. The van der Waals surface area contributed by atoms with Crippen molar-refractivity contribution in [3.05, 3.63) is 71.6 Å². The van der Waals surface area contributed by atoms with E-state index in [4.69, 9.17) is 4.74 Å². The Morgan fingerprint density at radius 3 is 2.35 bits per heavy atom. The number of hydrogen-bond acceptors (Lipinski definition) is 5. The maximum absolute atomic E-state index is 12.3. The highest BCUT2D eigenvalue weighted by molar-refractivity contribution is 8.00. The van der Waals surface area contributed by atoms with Gasteiger partial charge in [-0.05, 0) is 23.8 Å². The number of anilines is 1. The highest BCUT2D eigenvalue weighted by Gasteiger charge is 2.19. The minimum Gasteiger partial charge on any atom is -0.465 e. The standard InChI is InChI=1S/C20H17NO3S2/c1-24-20(23)19-16(12-17(26-19)14-8-4-2-5-9-14)21-18(22)13-25-15-10-6-3-7-11-15/h2-12H,13H2,1H3,(H,21,22). The first-order valence-electron chi connectivity index (χ1n) is 7.92. The molecule has 0 radical (unpaired) electrons. The molecule has 0 aliphatic carbocycles. The van der Waals surface area contributed by atoms with E-state index < -0.39 is 5.97 Å². The SMILES string of the molecule is COC(=O)c1sc(-c2ccccc2)cc1NC(=O)CSc1ccccc1. The maximum Gasteiger partial charge on any atom is 0.350 e. The lowest BCUT2D eigenvalue weighted by molar-refractivity contribution is -0.113. The smallest absolute Gasteiger partial charge is 0.350 e. The van der Waals surface area contributed by atoms with E-state index in [1.54, 1.807) is 0 Å². The molecule has 0 unspecified atom stereocenters. The minimum absolute atomic E-state index is 0.165. The van der Waals surface area contributed by atoms with E-state index in [9.17, 15) is 9.59 Å². The van der Waals surface area contributed by atoms with Crippen LogP contribution in [-0.4, -0.2) is 24.7 Å². The van der Waals surface area contributed by atoms with Crippen molar-refractivity contribution in [1.82, 2.24) is 0 Å². The molecule has 0 saturated carbocycles. The van der Waals surface area contributed by atoms with Crippen LogP contribution in [0.4, 0.5) is 5.69 Å². The van der Waals surface area contributed by atoms with Gasteiger partial charge >= 0.3 is 5.97 Å². The molecule has 1 N–H and O–H groups in total. The van der Waals surface area contributed by atoms with Crippen LogP contribution in [0.5, 0.6) is 0 Å². The molecule has 0 spiro atoms. The number of rotatable bonds is 6. The molecule has 1 amide bonds. The highest BCUT2D eigenvalue weighted by Crippen LogP contribution is 2.35. The predicted octanol–water partition coefficient (Wildman–Crippen LogP) is 4.93. The van der Waals surface area contributed by atoms with Crippen molar-refractivity contribution >= 4 is 40.7 Å². The Morgan fingerprint density at radius 2 is 1.69 bits per heavy atom. The summed E-state index contributed by atoms with van der Waals surface area (Å²) in [5.74, 6) is -0.356. The van der Waals surface area contributed by atoms with Gasteiger partial charge in [0.05, 0.1) is 18.6 Å². The Morgan fingerprint density at radius 1 is 1.04 bits per heavy atom. The molecule has 3 rings (SSSR count). The summed E-state index contributed by atoms with van der Waals surface area (Å²) in [6.45, 7) is 0. The van der Waals surface area contributed by atoms with E-state index in [2.05, 4.69) is 5.32 Å². The van der Waals surface area contributed by atoms with Crippen molar-refractivity contribution < 1.29 is 14.3 Å². The van der Waals surface area contributed by atoms with Gasteiger partial charge in [0.2, 0.25) is 5.91 Å². The van der Waals surface area contributed by atoms with E-state index in [1.807, 2.05) is 66.7 Å². The number of benzene rings is 2. The van der Waals surface area contributed by atoms with Gasteiger partial charge in [0.15, 0.2) is 0 Å². The highest BCUT2D eigenvalue weighted by atomic mass is 32.2. The first-order valence-corrected chi connectivity index (χ1v) is 9.73.